The highest BCUT2D eigenvalue weighted by atomic mass is 32.2. The van der Waals surface area contributed by atoms with Crippen molar-refractivity contribution in [1.82, 2.24) is 25.1 Å². The zero-order chi connectivity index (χ0) is 15.2. The molecule has 0 unspecified atom stereocenters. The maximum Gasteiger partial charge on any atom is 0.328 e. The lowest BCUT2D eigenvalue weighted by atomic mass is 10.0. The van der Waals surface area contributed by atoms with Crippen molar-refractivity contribution in [2.45, 2.75) is 37.4 Å². The number of nitrogens with zero attached hydrogens (tertiary/aromatic N) is 5. The van der Waals surface area contributed by atoms with Crippen molar-refractivity contribution in [3.63, 3.8) is 0 Å². The number of hydrogen-bond acceptors (Lipinski definition) is 7. The molecule has 1 amide bonds. The van der Waals surface area contributed by atoms with Crippen LogP contribution in [0.15, 0.2) is 5.16 Å². The summed E-state index contributed by atoms with van der Waals surface area (Å²) in [5, 5.41) is 11.6. The maximum atomic E-state index is 12.3. The number of esters is 1. The SMILES string of the molecule is CCOC(=O)[C@@H]1CCCCN1C(=O)CSc1nnnn1C. The van der Waals surface area contributed by atoms with Crippen LogP contribution in [-0.4, -0.2) is 61.9 Å². The molecule has 21 heavy (non-hydrogen) atoms. The zero-order valence-electron chi connectivity index (χ0n) is 12.2. The number of piperidine rings is 1. The molecule has 1 aromatic rings. The van der Waals surface area contributed by atoms with E-state index in [1.165, 1.54) is 16.4 Å². The lowest BCUT2D eigenvalue weighted by Crippen LogP contribution is -2.49. The van der Waals surface area contributed by atoms with Crippen LogP contribution in [0, 0.1) is 0 Å². The van der Waals surface area contributed by atoms with Crippen molar-refractivity contribution in [1.29, 1.82) is 0 Å². The third-order valence-electron chi connectivity index (χ3n) is 3.29. The van der Waals surface area contributed by atoms with Crippen molar-refractivity contribution in [2.24, 2.45) is 7.05 Å². The summed E-state index contributed by atoms with van der Waals surface area (Å²) in [4.78, 5) is 25.9. The van der Waals surface area contributed by atoms with E-state index in [1.54, 1.807) is 18.9 Å². The Balaban J connectivity index is 1.95. The summed E-state index contributed by atoms with van der Waals surface area (Å²) < 4.78 is 6.57. The third kappa shape index (κ3) is 3.93. The summed E-state index contributed by atoms with van der Waals surface area (Å²) in [5.41, 5.74) is 0. The molecule has 0 N–H and O–H groups in total. The number of aromatic nitrogens is 4. The summed E-state index contributed by atoms with van der Waals surface area (Å²) in [6.07, 6.45) is 2.52. The van der Waals surface area contributed by atoms with Gasteiger partial charge in [0.2, 0.25) is 11.1 Å². The molecule has 2 rings (SSSR count). The lowest BCUT2D eigenvalue weighted by Gasteiger charge is -2.33. The first-order valence-corrected chi connectivity index (χ1v) is 7.93. The first-order valence-electron chi connectivity index (χ1n) is 6.94. The monoisotopic (exact) mass is 313 g/mol. The average molecular weight is 313 g/mol. The van der Waals surface area contributed by atoms with Crippen molar-refractivity contribution in [3.05, 3.63) is 0 Å². The third-order valence-corrected chi connectivity index (χ3v) is 4.28. The number of hydrogen-bond donors (Lipinski definition) is 0. The van der Waals surface area contributed by atoms with E-state index in [1.807, 2.05) is 0 Å². The predicted octanol–water partition coefficient (Wildman–Crippen LogP) is 0.246. The first kappa shape index (κ1) is 15.7. The van der Waals surface area contributed by atoms with Crippen molar-refractivity contribution in [2.75, 3.05) is 18.9 Å². The van der Waals surface area contributed by atoms with Crippen LogP contribution in [0.2, 0.25) is 0 Å². The molecule has 0 radical (unpaired) electrons. The Morgan fingerprint density at radius 3 is 2.90 bits per heavy atom. The minimum absolute atomic E-state index is 0.0826. The van der Waals surface area contributed by atoms with Crippen LogP contribution < -0.4 is 0 Å². The molecule has 1 aliphatic rings. The molecule has 1 aliphatic heterocycles. The summed E-state index contributed by atoms with van der Waals surface area (Å²) in [7, 11) is 1.72. The fourth-order valence-electron chi connectivity index (χ4n) is 2.27. The highest BCUT2D eigenvalue weighted by Gasteiger charge is 2.33. The summed E-state index contributed by atoms with van der Waals surface area (Å²) >= 11 is 1.27. The molecular formula is C12H19N5O3S. The van der Waals surface area contributed by atoms with Crippen molar-refractivity contribution >= 4 is 23.6 Å². The van der Waals surface area contributed by atoms with E-state index in [9.17, 15) is 9.59 Å². The van der Waals surface area contributed by atoms with Crippen molar-refractivity contribution in [3.8, 4) is 0 Å². The molecule has 116 valence electrons. The number of carbonyl (C=O) groups excluding carboxylic acids is 2. The number of thioether (sulfide) groups is 1. The lowest BCUT2D eigenvalue weighted by molar-refractivity contribution is -0.155. The molecule has 2 heterocycles. The van der Waals surface area contributed by atoms with Gasteiger partial charge >= 0.3 is 5.97 Å². The Kier molecular flexibility index (Phi) is 5.54. The minimum Gasteiger partial charge on any atom is -0.464 e. The van der Waals surface area contributed by atoms with Crippen LogP contribution in [0.4, 0.5) is 0 Å². The summed E-state index contributed by atoms with van der Waals surface area (Å²) in [6.45, 7) is 2.69. The highest BCUT2D eigenvalue weighted by Crippen LogP contribution is 2.21. The normalized spacial score (nSPS) is 18.6. The Bertz CT molecular complexity index is 507. The summed E-state index contributed by atoms with van der Waals surface area (Å²) in [6, 6.07) is -0.454. The highest BCUT2D eigenvalue weighted by molar-refractivity contribution is 7.99. The number of tetrazole rings is 1. The molecule has 0 spiro atoms. The fourth-order valence-corrected chi connectivity index (χ4v) is 3.00. The molecule has 0 saturated carbocycles. The van der Waals surface area contributed by atoms with E-state index >= 15 is 0 Å². The number of ether oxygens (including phenoxy) is 1. The van der Waals surface area contributed by atoms with E-state index in [0.717, 1.165) is 12.8 Å². The van der Waals surface area contributed by atoms with E-state index in [4.69, 9.17) is 4.74 Å². The molecule has 0 aromatic carbocycles. The number of rotatable bonds is 5. The molecule has 1 atom stereocenters. The predicted molar refractivity (Wildman–Crippen MR) is 75.5 cm³/mol. The van der Waals surface area contributed by atoms with Gasteiger partial charge in [0, 0.05) is 13.6 Å². The second-order valence-corrected chi connectivity index (χ2v) is 5.67. The van der Waals surface area contributed by atoms with Gasteiger partial charge in [-0.3, -0.25) is 4.79 Å². The van der Waals surface area contributed by atoms with Crippen LogP contribution in [0.3, 0.4) is 0 Å². The maximum absolute atomic E-state index is 12.3. The van der Waals surface area contributed by atoms with Gasteiger partial charge in [-0.25, -0.2) is 9.48 Å². The molecule has 0 aliphatic carbocycles. The van der Waals surface area contributed by atoms with E-state index in [-0.39, 0.29) is 17.6 Å². The van der Waals surface area contributed by atoms with Gasteiger partial charge in [0.1, 0.15) is 6.04 Å². The molecule has 1 aromatic heterocycles. The smallest absolute Gasteiger partial charge is 0.328 e. The molecule has 1 fully saturated rings. The Morgan fingerprint density at radius 1 is 1.43 bits per heavy atom. The average Bonchev–Trinajstić information content (AvgIpc) is 2.90. The fraction of sp³-hybridized carbons (Fsp3) is 0.750. The van der Waals surface area contributed by atoms with E-state index in [0.29, 0.717) is 24.7 Å². The molecule has 1 saturated heterocycles. The van der Waals surface area contributed by atoms with E-state index in [2.05, 4.69) is 15.5 Å². The van der Waals surface area contributed by atoms with Gasteiger partial charge in [-0.1, -0.05) is 11.8 Å². The Labute approximate surface area is 127 Å². The molecule has 8 nitrogen and oxygen atoms in total. The minimum atomic E-state index is -0.454. The number of likely N-dealkylation sites (tertiary alicyclic amines) is 1. The van der Waals surface area contributed by atoms with Gasteiger partial charge in [-0.15, -0.1) is 5.10 Å². The Hall–Kier alpha value is -1.64. The van der Waals surface area contributed by atoms with Gasteiger partial charge in [0.05, 0.1) is 12.4 Å². The van der Waals surface area contributed by atoms with Gasteiger partial charge < -0.3 is 9.64 Å². The van der Waals surface area contributed by atoms with Crippen LogP contribution in [0.1, 0.15) is 26.2 Å². The van der Waals surface area contributed by atoms with Gasteiger partial charge in [-0.05, 0) is 36.6 Å². The molecular weight excluding hydrogens is 294 g/mol. The molecule has 0 bridgehead atoms. The van der Waals surface area contributed by atoms with Gasteiger partial charge in [0.15, 0.2) is 0 Å². The summed E-state index contributed by atoms with van der Waals surface area (Å²) in [5.74, 6) is -0.180. The number of aryl methyl sites for hydroxylation is 1. The quantitative estimate of drug-likeness (QED) is 0.568. The van der Waals surface area contributed by atoms with Crippen molar-refractivity contribution < 1.29 is 14.3 Å². The number of amides is 1. The topological polar surface area (TPSA) is 90.2 Å². The second kappa shape index (κ2) is 7.39. The van der Waals surface area contributed by atoms with E-state index < -0.39 is 6.04 Å². The standard InChI is InChI=1S/C12H19N5O3S/c1-3-20-11(19)9-6-4-5-7-17(9)10(18)8-21-12-13-14-15-16(12)2/h9H,3-8H2,1-2H3/t9-/m0/s1. The van der Waals surface area contributed by atoms with Gasteiger partial charge in [0.25, 0.3) is 0 Å². The largest absolute Gasteiger partial charge is 0.464 e. The second-order valence-electron chi connectivity index (χ2n) is 4.72. The first-order chi connectivity index (χ1) is 10.1. The Morgan fingerprint density at radius 2 is 2.24 bits per heavy atom. The van der Waals surface area contributed by atoms with Gasteiger partial charge in [-0.2, -0.15) is 0 Å². The zero-order valence-corrected chi connectivity index (χ0v) is 13.0. The van der Waals surface area contributed by atoms with Crippen LogP contribution in [0.5, 0.6) is 0 Å². The van der Waals surface area contributed by atoms with Crippen LogP contribution >= 0.6 is 11.8 Å². The van der Waals surface area contributed by atoms with Crippen LogP contribution in [0.25, 0.3) is 0 Å². The van der Waals surface area contributed by atoms with Crippen LogP contribution in [-0.2, 0) is 21.4 Å². The number of carbonyl (C=O) groups is 2. The molecule has 9 heteroatoms.